The number of rotatable bonds is 6. The Labute approximate surface area is 153 Å². The van der Waals surface area contributed by atoms with E-state index in [-0.39, 0.29) is 24.3 Å². The molecule has 2 heterocycles. The van der Waals surface area contributed by atoms with Crippen LogP contribution in [0.5, 0.6) is 0 Å². The van der Waals surface area contributed by atoms with Gasteiger partial charge in [0.15, 0.2) is 17.2 Å². The van der Waals surface area contributed by atoms with E-state index in [0.717, 1.165) is 5.56 Å². The molecule has 2 N–H and O–H groups in total. The summed E-state index contributed by atoms with van der Waals surface area (Å²) >= 11 is 1.33. The van der Waals surface area contributed by atoms with Crippen molar-refractivity contribution in [1.29, 1.82) is 0 Å². The van der Waals surface area contributed by atoms with Crippen LogP contribution in [0.15, 0.2) is 58.4 Å². The third-order valence-electron chi connectivity index (χ3n) is 3.49. The number of Topliss-reactive ketones (excluding diaryl/α,β-unsaturated/α-hetero) is 1. The van der Waals surface area contributed by atoms with E-state index in [1.165, 1.54) is 17.4 Å². The first-order valence-corrected chi connectivity index (χ1v) is 8.69. The largest absolute Gasteiger partial charge is 0.355 e. The molecule has 0 aliphatic rings. The molecule has 1 aromatic carbocycles. The average Bonchev–Trinajstić information content (AvgIpc) is 3.37. The van der Waals surface area contributed by atoms with Gasteiger partial charge in [-0.3, -0.25) is 25.2 Å². The maximum absolute atomic E-state index is 12.0. The van der Waals surface area contributed by atoms with Crippen molar-refractivity contribution >= 4 is 28.9 Å². The van der Waals surface area contributed by atoms with Crippen molar-refractivity contribution in [3.8, 4) is 11.3 Å². The second-order valence-electron chi connectivity index (χ2n) is 5.35. The van der Waals surface area contributed by atoms with Crippen molar-refractivity contribution in [3.05, 3.63) is 64.5 Å². The number of thiophene rings is 1. The number of carbonyl (C=O) groups is 3. The quantitative estimate of drug-likeness (QED) is 0.514. The van der Waals surface area contributed by atoms with Crippen LogP contribution < -0.4 is 10.9 Å². The SMILES string of the molecule is O=C(CCC(=O)c1cccs1)NNC(=O)c1cc(-c2ccccc2)on1. The van der Waals surface area contributed by atoms with Gasteiger partial charge in [-0.2, -0.15) is 0 Å². The molecule has 0 spiro atoms. The molecule has 0 saturated heterocycles. The molecule has 0 aliphatic carbocycles. The Morgan fingerprint density at radius 2 is 1.81 bits per heavy atom. The second-order valence-corrected chi connectivity index (χ2v) is 6.29. The molecule has 2 amide bonds. The standard InChI is InChI=1S/C18H15N3O4S/c22-14(16-7-4-10-26-16)8-9-17(23)19-20-18(24)13-11-15(25-21-13)12-5-2-1-3-6-12/h1-7,10-11H,8-9H2,(H,19,23)(H,20,24). The van der Waals surface area contributed by atoms with E-state index in [0.29, 0.717) is 10.6 Å². The Hall–Kier alpha value is -3.26. The monoisotopic (exact) mass is 369 g/mol. The molecule has 0 bridgehead atoms. The zero-order chi connectivity index (χ0) is 18.4. The molecule has 0 radical (unpaired) electrons. The number of ketones is 1. The number of amides is 2. The van der Waals surface area contributed by atoms with Crippen LogP contribution in [0.1, 0.15) is 33.0 Å². The summed E-state index contributed by atoms with van der Waals surface area (Å²) in [6, 6.07) is 14.2. The highest BCUT2D eigenvalue weighted by molar-refractivity contribution is 7.12. The van der Waals surface area contributed by atoms with Gasteiger partial charge in [0.1, 0.15) is 0 Å². The number of hydrazine groups is 1. The fraction of sp³-hybridized carbons (Fsp3) is 0.111. The minimum atomic E-state index is -0.603. The van der Waals surface area contributed by atoms with E-state index in [1.807, 2.05) is 30.3 Å². The zero-order valence-corrected chi connectivity index (χ0v) is 14.4. The van der Waals surface area contributed by atoms with Gasteiger partial charge in [0.25, 0.3) is 5.91 Å². The Balaban J connectivity index is 1.47. The first-order valence-electron chi connectivity index (χ1n) is 7.81. The Morgan fingerprint density at radius 1 is 1.00 bits per heavy atom. The Morgan fingerprint density at radius 3 is 2.54 bits per heavy atom. The van der Waals surface area contributed by atoms with E-state index < -0.39 is 11.8 Å². The summed E-state index contributed by atoms with van der Waals surface area (Å²) in [5.41, 5.74) is 5.34. The van der Waals surface area contributed by atoms with Crippen LogP contribution in [0.4, 0.5) is 0 Å². The molecular weight excluding hydrogens is 354 g/mol. The second kappa shape index (κ2) is 8.21. The van der Waals surface area contributed by atoms with Gasteiger partial charge < -0.3 is 4.52 Å². The van der Waals surface area contributed by atoms with Gasteiger partial charge in [-0.15, -0.1) is 11.3 Å². The summed E-state index contributed by atoms with van der Waals surface area (Å²) in [6.07, 6.45) is 0.0510. The van der Waals surface area contributed by atoms with Gasteiger partial charge in [-0.1, -0.05) is 41.6 Å². The van der Waals surface area contributed by atoms with Gasteiger partial charge in [0.2, 0.25) is 5.91 Å². The van der Waals surface area contributed by atoms with Gasteiger partial charge >= 0.3 is 0 Å². The Kier molecular flexibility index (Phi) is 5.55. The number of hydrogen-bond donors (Lipinski definition) is 2. The molecule has 2 aromatic heterocycles. The number of nitrogens with zero attached hydrogens (tertiary/aromatic N) is 1. The molecule has 0 aliphatic heterocycles. The molecule has 26 heavy (non-hydrogen) atoms. The summed E-state index contributed by atoms with van der Waals surface area (Å²) in [5.74, 6) is -0.724. The topological polar surface area (TPSA) is 101 Å². The van der Waals surface area contributed by atoms with E-state index in [1.54, 1.807) is 17.5 Å². The third kappa shape index (κ3) is 4.42. The van der Waals surface area contributed by atoms with Crippen LogP contribution in [0, 0.1) is 0 Å². The van der Waals surface area contributed by atoms with E-state index in [4.69, 9.17) is 4.52 Å². The van der Waals surface area contributed by atoms with Crippen molar-refractivity contribution < 1.29 is 18.9 Å². The minimum absolute atomic E-state index is 0.0227. The van der Waals surface area contributed by atoms with Gasteiger partial charge in [-0.25, -0.2) is 0 Å². The van der Waals surface area contributed by atoms with Crippen LogP contribution in [-0.2, 0) is 4.79 Å². The van der Waals surface area contributed by atoms with Crippen LogP contribution in [0.25, 0.3) is 11.3 Å². The summed E-state index contributed by atoms with van der Waals surface area (Å²) in [6.45, 7) is 0. The van der Waals surface area contributed by atoms with Crippen molar-refractivity contribution in [1.82, 2.24) is 16.0 Å². The lowest BCUT2D eigenvalue weighted by molar-refractivity contribution is -0.121. The van der Waals surface area contributed by atoms with Crippen LogP contribution >= 0.6 is 11.3 Å². The van der Waals surface area contributed by atoms with Crippen molar-refractivity contribution in [3.63, 3.8) is 0 Å². The lowest BCUT2D eigenvalue weighted by Gasteiger charge is -2.04. The molecule has 0 atom stereocenters. The first-order chi connectivity index (χ1) is 12.6. The van der Waals surface area contributed by atoms with Gasteiger partial charge in [0.05, 0.1) is 4.88 Å². The number of carbonyl (C=O) groups excluding carboxylic acids is 3. The van der Waals surface area contributed by atoms with Gasteiger partial charge in [0, 0.05) is 24.5 Å². The highest BCUT2D eigenvalue weighted by Gasteiger charge is 2.15. The van der Waals surface area contributed by atoms with Crippen molar-refractivity contribution in [2.45, 2.75) is 12.8 Å². The fourth-order valence-corrected chi connectivity index (χ4v) is 2.86. The summed E-state index contributed by atoms with van der Waals surface area (Å²) in [4.78, 5) is 36.2. The number of hydrogen-bond acceptors (Lipinski definition) is 6. The number of nitrogens with one attached hydrogen (secondary N) is 2. The van der Waals surface area contributed by atoms with Crippen molar-refractivity contribution in [2.75, 3.05) is 0 Å². The smallest absolute Gasteiger partial charge is 0.291 e. The van der Waals surface area contributed by atoms with Crippen LogP contribution in [0.2, 0.25) is 0 Å². The molecule has 0 saturated carbocycles. The average molecular weight is 369 g/mol. The van der Waals surface area contributed by atoms with Crippen molar-refractivity contribution in [2.24, 2.45) is 0 Å². The molecular formula is C18H15N3O4S. The molecule has 7 nitrogen and oxygen atoms in total. The zero-order valence-electron chi connectivity index (χ0n) is 13.6. The molecule has 0 fully saturated rings. The van der Waals surface area contributed by atoms with Crippen LogP contribution in [-0.4, -0.2) is 22.8 Å². The highest BCUT2D eigenvalue weighted by atomic mass is 32.1. The number of aromatic nitrogens is 1. The van der Waals surface area contributed by atoms with Crippen LogP contribution in [0.3, 0.4) is 0 Å². The molecule has 132 valence electrons. The van der Waals surface area contributed by atoms with E-state index in [2.05, 4.69) is 16.0 Å². The van der Waals surface area contributed by atoms with E-state index in [9.17, 15) is 14.4 Å². The van der Waals surface area contributed by atoms with Gasteiger partial charge in [-0.05, 0) is 11.4 Å². The first kappa shape index (κ1) is 17.6. The molecule has 0 unspecified atom stereocenters. The highest BCUT2D eigenvalue weighted by Crippen LogP contribution is 2.19. The summed E-state index contributed by atoms with van der Waals surface area (Å²) < 4.78 is 5.13. The summed E-state index contributed by atoms with van der Waals surface area (Å²) in [5, 5.41) is 5.49. The summed E-state index contributed by atoms with van der Waals surface area (Å²) in [7, 11) is 0. The lowest BCUT2D eigenvalue weighted by atomic mass is 10.1. The third-order valence-corrected chi connectivity index (χ3v) is 4.40. The lowest BCUT2D eigenvalue weighted by Crippen LogP contribution is -2.41. The fourth-order valence-electron chi connectivity index (χ4n) is 2.16. The number of benzene rings is 1. The molecule has 3 aromatic rings. The minimum Gasteiger partial charge on any atom is -0.355 e. The molecule has 8 heteroatoms. The normalized spacial score (nSPS) is 10.3. The van der Waals surface area contributed by atoms with E-state index >= 15 is 0 Å². The Bertz CT molecular complexity index is 904. The predicted octanol–water partition coefficient (Wildman–Crippen LogP) is 2.83. The maximum atomic E-state index is 12.0. The maximum Gasteiger partial charge on any atom is 0.291 e. The molecule has 3 rings (SSSR count). The predicted molar refractivity (Wildman–Crippen MR) is 95.4 cm³/mol.